The Bertz CT molecular complexity index is 555. The van der Waals surface area contributed by atoms with Gasteiger partial charge in [0.05, 0.1) is 5.60 Å². The zero-order chi connectivity index (χ0) is 15.5. The van der Waals surface area contributed by atoms with Crippen LogP contribution in [0.15, 0.2) is 23.3 Å². The van der Waals surface area contributed by atoms with E-state index in [1.54, 1.807) is 6.07 Å². The van der Waals surface area contributed by atoms with Crippen LogP contribution in [0.3, 0.4) is 0 Å². The van der Waals surface area contributed by atoms with Crippen LogP contribution in [0.1, 0.15) is 39.5 Å². The van der Waals surface area contributed by atoms with Crippen molar-refractivity contribution >= 4 is 5.91 Å². The molecule has 116 valence electrons. The summed E-state index contributed by atoms with van der Waals surface area (Å²) in [4.78, 5) is 26.9. The van der Waals surface area contributed by atoms with Gasteiger partial charge < -0.3 is 10.4 Å². The van der Waals surface area contributed by atoms with Crippen molar-refractivity contribution in [2.24, 2.45) is 5.41 Å². The maximum Gasteiger partial charge on any atom is 0.347 e. The lowest BCUT2D eigenvalue weighted by Gasteiger charge is -2.40. The highest BCUT2D eigenvalue weighted by molar-refractivity contribution is 5.75. The molecule has 0 aliphatic heterocycles. The molecular formula is C15H23N3O3. The number of carbonyl (C=O) groups excluding carboxylic acids is 1. The molecule has 0 spiro atoms. The summed E-state index contributed by atoms with van der Waals surface area (Å²) in [5.74, 6) is -0.289. The van der Waals surface area contributed by atoms with Gasteiger partial charge in [0, 0.05) is 18.9 Å². The summed E-state index contributed by atoms with van der Waals surface area (Å²) in [7, 11) is 0. The monoisotopic (exact) mass is 293 g/mol. The van der Waals surface area contributed by atoms with E-state index in [4.69, 9.17) is 0 Å². The molecule has 0 unspecified atom stereocenters. The predicted molar refractivity (Wildman–Crippen MR) is 78.7 cm³/mol. The van der Waals surface area contributed by atoms with E-state index in [0.717, 1.165) is 12.8 Å². The third-order valence-corrected chi connectivity index (χ3v) is 4.25. The van der Waals surface area contributed by atoms with Crippen molar-refractivity contribution in [3.63, 3.8) is 0 Å². The van der Waals surface area contributed by atoms with Crippen molar-refractivity contribution in [3.05, 3.63) is 28.9 Å². The van der Waals surface area contributed by atoms with Crippen LogP contribution >= 0.6 is 0 Å². The van der Waals surface area contributed by atoms with Gasteiger partial charge in [0.15, 0.2) is 0 Å². The fourth-order valence-corrected chi connectivity index (χ4v) is 2.55. The fourth-order valence-electron chi connectivity index (χ4n) is 2.55. The summed E-state index contributed by atoms with van der Waals surface area (Å²) in [6, 6.07) is 1.60. The van der Waals surface area contributed by atoms with Gasteiger partial charge in [-0.2, -0.15) is 0 Å². The Morgan fingerprint density at radius 1 is 1.38 bits per heavy atom. The van der Waals surface area contributed by atoms with Crippen molar-refractivity contribution in [1.29, 1.82) is 0 Å². The number of amides is 1. The summed E-state index contributed by atoms with van der Waals surface area (Å²) < 4.78 is 1.24. The summed E-state index contributed by atoms with van der Waals surface area (Å²) >= 11 is 0. The Labute approximate surface area is 124 Å². The summed E-state index contributed by atoms with van der Waals surface area (Å²) in [5.41, 5.74) is -1.02. The molecule has 1 saturated carbocycles. The minimum Gasteiger partial charge on any atom is -0.388 e. The highest BCUT2D eigenvalue weighted by atomic mass is 16.3. The fraction of sp³-hybridized carbons (Fsp3) is 0.667. The molecule has 0 atom stereocenters. The second kappa shape index (κ2) is 5.97. The smallest absolute Gasteiger partial charge is 0.347 e. The molecule has 1 fully saturated rings. The highest BCUT2D eigenvalue weighted by Gasteiger charge is 2.36. The van der Waals surface area contributed by atoms with Gasteiger partial charge in [-0.05, 0) is 37.2 Å². The van der Waals surface area contributed by atoms with Crippen molar-refractivity contribution in [2.75, 3.05) is 6.54 Å². The second-order valence-corrected chi connectivity index (χ2v) is 6.70. The van der Waals surface area contributed by atoms with Gasteiger partial charge in [0.25, 0.3) is 0 Å². The van der Waals surface area contributed by atoms with Crippen molar-refractivity contribution in [2.45, 2.75) is 51.7 Å². The minimum absolute atomic E-state index is 0.0752. The standard InChI is InChI=1S/C15H23N3O3/c1-14(2)4-6-15(21,7-5-14)11-17-12(19)10-18-9-3-8-16-13(18)20/h3,8-9,21H,4-7,10-11H2,1-2H3,(H,17,19). The van der Waals surface area contributed by atoms with Gasteiger partial charge in [-0.25, -0.2) is 9.78 Å². The molecule has 1 aliphatic carbocycles. The van der Waals surface area contributed by atoms with Gasteiger partial charge in [-0.1, -0.05) is 13.8 Å². The number of aliphatic hydroxyl groups is 1. The first-order valence-corrected chi connectivity index (χ1v) is 7.30. The average molecular weight is 293 g/mol. The van der Waals surface area contributed by atoms with Gasteiger partial charge in [0.2, 0.25) is 5.91 Å². The zero-order valence-electron chi connectivity index (χ0n) is 12.6. The predicted octanol–water partition coefficient (Wildman–Crippen LogP) is 0.691. The van der Waals surface area contributed by atoms with Crippen molar-refractivity contribution in [3.8, 4) is 0 Å². The Hall–Kier alpha value is -1.69. The number of aromatic nitrogens is 2. The lowest BCUT2D eigenvalue weighted by atomic mass is 9.71. The minimum atomic E-state index is -0.828. The van der Waals surface area contributed by atoms with Gasteiger partial charge in [0.1, 0.15) is 6.54 Å². The number of hydrogen-bond donors (Lipinski definition) is 2. The van der Waals surface area contributed by atoms with Gasteiger partial charge in [-0.15, -0.1) is 0 Å². The van der Waals surface area contributed by atoms with Crippen LogP contribution in [0.25, 0.3) is 0 Å². The third-order valence-electron chi connectivity index (χ3n) is 4.25. The first-order chi connectivity index (χ1) is 9.80. The van der Waals surface area contributed by atoms with Gasteiger partial charge >= 0.3 is 5.69 Å². The molecule has 2 rings (SSSR count). The first-order valence-electron chi connectivity index (χ1n) is 7.30. The van der Waals surface area contributed by atoms with E-state index < -0.39 is 11.3 Å². The van der Waals surface area contributed by atoms with Crippen molar-refractivity contribution in [1.82, 2.24) is 14.9 Å². The molecule has 0 bridgehead atoms. The Kier molecular flexibility index (Phi) is 4.46. The third kappa shape index (κ3) is 4.39. The Morgan fingerprint density at radius 2 is 2.05 bits per heavy atom. The topological polar surface area (TPSA) is 84.2 Å². The Balaban J connectivity index is 1.84. The number of nitrogens with zero attached hydrogens (tertiary/aromatic N) is 2. The van der Waals surface area contributed by atoms with Gasteiger partial charge in [-0.3, -0.25) is 9.36 Å². The van der Waals surface area contributed by atoms with Crippen LogP contribution in [0.5, 0.6) is 0 Å². The zero-order valence-corrected chi connectivity index (χ0v) is 12.6. The SMILES string of the molecule is CC1(C)CCC(O)(CNC(=O)Cn2cccnc2=O)CC1. The number of carbonyl (C=O) groups is 1. The number of rotatable bonds is 4. The Morgan fingerprint density at radius 3 is 2.67 bits per heavy atom. The van der Waals surface area contributed by atoms with E-state index in [1.165, 1.54) is 17.0 Å². The van der Waals surface area contributed by atoms with Crippen LogP contribution in [-0.2, 0) is 11.3 Å². The van der Waals surface area contributed by atoms with E-state index in [1.807, 2.05) is 0 Å². The van der Waals surface area contributed by atoms with E-state index in [2.05, 4.69) is 24.1 Å². The normalized spacial score (nSPS) is 20.0. The number of hydrogen-bond acceptors (Lipinski definition) is 4. The van der Waals surface area contributed by atoms with E-state index in [0.29, 0.717) is 12.8 Å². The second-order valence-electron chi connectivity index (χ2n) is 6.70. The van der Waals surface area contributed by atoms with E-state index >= 15 is 0 Å². The quantitative estimate of drug-likeness (QED) is 0.855. The molecule has 1 heterocycles. The molecule has 21 heavy (non-hydrogen) atoms. The van der Waals surface area contributed by atoms with E-state index in [-0.39, 0.29) is 24.4 Å². The molecule has 0 aromatic carbocycles. The van der Waals surface area contributed by atoms with Crippen LogP contribution in [0, 0.1) is 5.41 Å². The summed E-state index contributed by atoms with van der Waals surface area (Å²) in [6.45, 7) is 4.55. The summed E-state index contributed by atoms with van der Waals surface area (Å²) in [5, 5.41) is 13.2. The largest absolute Gasteiger partial charge is 0.388 e. The molecular weight excluding hydrogens is 270 g/mol. The molecule has 6 heteroatoms. The van der Waals surface area contributed by atoms with E-state index in [9.17, 15) is 14.7 Å². The molecule has 2 N–H and O–H groups in total. The lowest BCUT2D eigenvalue weighted by Crippen LogP contribution is -2.47. The van der Waals surface area contributed by atoms with Crippen LogP contribution < -0.4 is 11.0 Å². The molecule has 1 aromatic rings. The highest BCUT2D eigenvalue weighted by Crippen LogP contribution is 2.39. The first kappa shape index (κ1) is 15.7. The number of nitrogens with one attached hydrogen (secondary N) is 1. The van der Waals surface area contributed by atoms with Crippen LogP contribution in [0.2, 0.25) is 0 Å². The molecule has 0 radical (unpaired) electrons. The van der Waals surface area contributed by atoms with Crippen LogP contribution in [0.4, 0.5) is 0 Å². The van der Waals surface area contributed by atoms with Crippen LogP contribution in [-0.4, -0.2) is 32.7 Å². The molecule has 1 aliphatic rings. The maximum absolute atomic E-state index is 11.9. The molecule has 1 aromatic heterocycles. The lowest BCUT2D eigenvalue weighted by molar-refractivity contribution is -0.123. The van der Waals surface area contributed by atoms with Crippen molar-refractivity contribution < 1.29 is 9.90 Å². The average Bonchev–Trinajstić information content (AvgIpc) is 2.43. The summed E-state index contributed by atoms with van der Waals surface area (Å²) in [6.07, 6.45) is 6.18. The molecule has 6 nitrogen and oxygen atoms in total. The maximum atomic E-state index is 11.9. The molecule has 1 amide bonds. The molecule has 0 saturated heterocycles.